The molecule has 3 saturated carbocycles. The molecule has 2 unspecified atom stereocenters. The molecule has 3 aromatic rings. The molecule has 0 radical (unpaired) electrons. The van der Waals surface area contributed by atoms with E-state index < -0.39 is 23.2 Å². The molecule has 3 aliphatic rings. The SMILES string of the molecule is CCCCNc1nc(C#Cc2ccc(Cl)s2)nc2c1ncn2[C@@H]1[C@@H]2C3CC3(C(=O)NC)[C@@H](O)[C@@]21O. The van der Waals surface area contributed by atoms with Gasteiger partial charge in [-0.1, -0.05) is 24.9 Å². The zero-order chi connectivity index (χ0) is 24.5. The van der Waals surface area contributed by atoms with Gasteiger partial charge < -0.3 is 25.4 Å². The van der Waals surface area contributed by atoms with Crippen LogP contribution in [0.15, 0.2) is 18.5 Å². The Morgan fingerprint density at radius 1 is 1.37 bits per heavy atom. The summed E-state index contributed by atoms with van der Waals surface area (Å²) >= 11 is 7.40. The lowest BCUT2D eigenvalue weighted by Crippen LogP contribution is -2.45. The maximum Gasteiger partial charge on any atom is 0.229 e. The standard InChI is InChI=1S/C24H25ClN6O3S/c1-3-4-9-27-19-17-20(30-15(29-19)8-6-12-5-7-14(25)35-12)31(11-28-17)18-16-13-10-23(13,22(33)26-2)21(32)24(16,18)34/h5,7,11,13,16,18,21,32,34H,3-4,9-10H2,1-2H3,(H,26,33)(H,27,29,30)/t13?,16-,18+,21+,23?,24+/m0/s1. The number of nitrogens with one attached hydrogen (secondary N) is 2. The van der Waals surface area contributed by atoms with Crippen LogP contribution in [0.1, 0.15) is 42.9 Å². The van der Waals surface area contributed by atoms with Crippen LogP contribution < -0.4 is 10.6 Å². The first-order valence-electron chi connectivity index (χ1n) is 11.7. The predicted octanol–water partition coefficient (Wildman–Crippen LogP) is 2.18. The molecule has 6 atom stereocenters. The van der Waals surface area contributed by atoms with Gasteiger partial charge >= 0.3 is 0 Å². The number of carbonyl (C=O) groups is 1. The molecular weight excluding hydrogens is 488 g/mol. The number of rotatable bonds is 6. The number of aliphatic hydroxyl groups is 2. The molecule has 35 heavy (non-hydrogen) atoms. The highest BCUT2D eigenvalue weighted by Gasteiger charge is 2.91. The van der Waals surface area contributed by atoms with Crippen LogP contribution in [0.25, 0.3) is 11.2 Å². The fourth-order valence-corrected chi connectivity index (χ4v) is 6.86. The topological polar surface area (TPSA) is 125 Å². The van der Waals surface area contributed by atoms with Crippen molar-refractivity contribution in [3.8, 4) is 11.8 Å². The summed E-state index contributed by atoms with van der Waals surface area (Å²) in [5.41, 5.74) is -1.15. The number of amides is 1. The van der Waals surface area contributed by atoms with Gasteiger partial charge in [0.1, 0.15) is 5.60 Å². The molecule has 6 rings (SSSR count). The molecule has 0 spiro atoms. The predicted molar refractivity (Wildman–Crippen MR) is 132 cm³/mol. The van der Waals surface area contributed by atoms with Gasteiger partial charge in [0.25, 0.3) is 0 Å². The molecule has 0 saturated heterocycles. The monoisotopic (exact) mass is 512 g/mol. The number of aromatic nitrogens is 4. The number of unbranched alkanes of at least 4 members (excludes halogenated alkanes) is 1. The molecule has 3 heterocycles. The average Bonchev–Trinajstić information content (AvgIpc) is 3.55. The molecule has 0 aromatic carbocycles. The first-order chi connectivity index (χ1) is 16.9. The van der Waals surface area contributed by atoms with Crippen LogP contribution in [-0.4, -0.2) is 60.9 Å². The van der Waals surface area contributed by atoms with E-state index in [9.17, 15) is 15.0 Å². The van der Waals surface area contributed by atoms with Crippen LogP contribution in [0, 0.1) is 29.1 Å². The highest BCUT2D eigenvalue weighted by molar-refractivity contribution is 7.16. The number of anilines is 1. The van der Waals surface area contributed by atoms with Crippen LogP contribution in [0.5, 0.6) is 0 Å². The molecule has 0 bridgehead atoms. The Labute approximate surface area is 210 Å². The zero-order valence-corrected chi connectivity index (χ0v) is 20.8. The van der Waals surface area contributed by atoms with E-state index in [1.54, 1.807) is 19.4 Å². The summed E-state index contributed by atoms with van der Waals surface area (Å²) in [7, 11) is 1.56. The number of hydrogen-bond acceptors (Lipinski definition) is 8. The van der Waals surface area contributed by atoms with Gasteiger partial charge in [-0.25, -0.2) is 15.0 Å². The van der Waals surface area contributed by atoms with Gasteiger partial charge in [-0.15, -0.1) is 11.3 Å². The van der Waals surface area contributed by atoms with Gasteiger partial charge in [0.05, 0.1) is 33.1 Å². The number of hydrogen-bond donors (Lipinski definition) is 4. The number of aliphatic hydroxyl groups excluding tert-OH is 1. The molecule has 0 aliphatic heterocycles. The van der Waals surface area contributed by atoms with E-state index in [4.69, 9.17) is 11.6 Å². The van der Waals surface area contributed by atoms with E-state index in [0.29, 0.717) is 33.6 Å². The number of thiophene rings is 1. The summed E-state index contributed by atoms with van der Waals surface area (Å²) in [6.07, 6.45) is 3.08. The van der Waals surface area contributed by atoms with E-state index >= 15 is 0 Å². The van der Waals surface area contributed by atoms with Gasteiger partial charge in [-0.05, 0) is 42.7 Å². The van der Waals surface area contributed by atoms with Gasteiger partial charge in [0.15, 0.2) is 17.0 Å². The van der Waals surface area contributed by atoms with Crippen LogP contribution in [0.3, 0.4) is 0 Å². The smallest absolute Gasteiger partial charge is 0.229 e. The van der Waals surface area contributed by atoms with Crippen molar-refractivity contribution in [2.45, 2.75) is 43.9 Å². The Hall–Kier alpha value is -2.71. The fraction of sp³-hybridized carbons (Fsp3) is 0.500. The Bertz CT molecular complexity index is 1410. The third-order valence-electron chi connectivity index (χ3n) is 7.72. The molecule has 1 amide bonds. The van der Waals surface area contributed by atoms with E-state index in [0.717, 1.165) is 24.3 Å². The number of nitrogens with zero attached hydrogens (tertiary/aromatic N) is 4. The molecule has 182 valence electrons. The van der Waals surface area contributed by atoms with Crippen LogP contribution in [0.4, 0.5) is 5.82 Å². The summed E-state index contributed by atoms with van der Waals surface area (Å²) in [6, 6.07) is 3.23. The van der Waals surface area contributed by atoms with Gasteiger partial charge in [-0.3, -0.25) is 4.79 Å². The van der Waals surface area contributed by atoms with Crippen LogP contribution in [0.2, 0.25) is 4.34 Å². The van der Waals surface area contributed by atoms with Crippen molar-refractivity contribution >= 4 is 45.8 Å². The molecule has 9 nitrogen and oxygen atoms in total. The van der Waals surface area contributed by atoms with Gasteiger partial charge in [0.2, 0.25) is 11.7 Å². The minimum atomic E-state index is -1.39. The van der Waals surface area contributed by atoms with Crippen molar-refractivity contribution in [1.29, 1.82) is 0 Å². The van der Waals surface area contributed by atoms with Crippen molar-refractivity contribution in [1.82, 2.24) is 24.8 Å². The lowest BCUT2D eigenvalue weighted by molar-refractivity contribution is -0.134. The second-order valence-electron chi connectivity index (χ2n) is 9.54. The quantitative estimate of drug-likeness (QED) is 0.294. The molecule has 3 fully saturated rings. The Balaban J connectivity index is 1.38. The Kier molecular flexibility index (Phi) is 5.13. The van der Waals surface area contributed by atoms with Crippen molar-refractivity contribution in [2.75, 3.05) is 18.9 Å². The summed E-state index contributed by atoms with van der Waals surface area (Å²) in [5.74, 6) is 6.47. The summed E-state index contributed by atoms with van der Waals surface area (Å²) < 4.78 is 2.47. The van der Waals surface area contributed by atoms with Crippen molar-refractivity contribution in [3.05, 3.63) is 33.5 Å². The molecule has 4 N–H and O–H groups in total. The van der Waals surface area contributed by atoms with Crippen LogP contribution >= 0.6 is 22.9 Å². The highest BCUT2D eigenvalue weighted by atomic mass is 35.5. The molecule has 3 aromatic heterocycles. The maximum atomic E-state index is 12.5. The van der Waals surface area contributed by atoms with E-state index in [-0.39, 0.29) is 17.7 Å². The number of carbonyl (C=O) groups excluding carboxylic acids is 1. The summed E-state index contributed by atoms with van der Waals surface area (Å²) in [4.78, 5) is 27.1. The molecule has 11 heteroatoms. The van der Waals surface area contributed by atoms with Gasteiger partial charge in [-0.2, -0.15) is 0 Å². The van der Waals surface area contributed by atoms with Crippen molar-refractivity contribution in [3.63, 3.8) is 0 Å². The summed E-state index contributed by atoms with van der Waals surface area (Å²) in [6.45, 7) is 2.85. The first-order valence-corrected chi connectivity index (χ1v) is 12.9. The van der Waals surface area contributed by atoms with Crippen molar-refractivity contribution in [2.24, 2.45) is 17.3 Å². The first kappa shape index (κ1) is 22.7. The van der Waals surface area contributed by atoms with E-state index in [2.05, 4.69) is 44.4 Å². The van der Waals surface area contributed by atoms with E-state index in [1.807, 2.05) is 10.6 Å². The summed E-state index contributed by atoms with van der Waals surface area (Å²) in [5, 5.41) is 28.5. The number of fused-ring (bicyclic) bond motifs is 4. The minimum absolute atomic E-state index is 0.0725. The average molecular weight is 513 g/mol. The number of imidazole rings is 1. The van der Waals surface area contributed by atoms with Crippen LogP contribution in [-0.2, 0) is 4.79 Å². The second kappa shape index (κ2) is 7.90. The molecular formula is C24H25ClN6O3S. The lowest BCUT2D eigenvalue weighted by atomic mass is 9.93. The lowest BCUT2D eigenvalue weighted by Gasteiger charge is -2.25. The maximum absolute atomic E-state index is 12.5. The zero-order valence-electron chi connectivity index (χ0n) is 19.2. The van der Waals surface area contributed by atoms with E-state index in [1.165, 1.54) is 11.3 Å². The fourth-order valence-electron chi connectivity index (χ4n) is 5.96. The minimum Gasteiger partial charge on any atom is -0.389 e. The third-order valence-corrected chi connectivity index (χ3v) is 8.87. The Morgan fingerprint density at radius 3 is 2.86 bits per heavy atom. The third kappa shape index (κ3) is 3.15. The normalized spacial score (nSPS) is 31.9. The van der Waals surface area contributed by atoms with Gasteiger partial charge in [0, 0.05) is 19.5 Å². The van der Waals surface area contributed by atoms with Crippen molar-refractivity contribution < 1.29 is 15.0 Å². The molecule has 3 aliphatic carbocycles. The second-order valence-corrected chi connectivity index (χ2v) is 11.3. The highest BCUT2D eigenvalue weighted by Crippen LogP contribution is 2.82. The Morgan fingerprint density at radius 2 is 2.20 bits per heavy atom. The number of halogens is 1. The largest absolute Gasteiger partial charge is 0.389 e.